The summed E-state index contributed by atoms with van der Waals surface area (Å²) in [5.41, 5.74) is 0.391. The zero-order chi connectivity index (χ0) is 15.4. The lowest BCUT2D eigenvalue weighted by Gasteiger charge is -2.32. The predicted octanol–water partition coefficient (Wildman–Crippen LogP) is 2.15. The Morgan fingerprint density at radius 1 is 1.41 bits per heavy atom. The maximum absolute atomic E-state index is 12.4. The van der Waals surface area contributed by atoms with E-state index in [4.69, 9.17) is 4.74 Å². The molecule has 0 spiro atoms. The Labute approximate surface area is 134 Å². The third-order valence-corrected chi connectivity index (χ3v) is 3.28. The van der Waals surface area contributed by atoms with Crippen LogP contribution in [0.25, 0.3) is 0 Å². The van der Waals surface area contributed by atoms with Gasteiger partial charge >= 0.3 is 6.61 Å². The molecule has 124 valence electrons. The number of alkyl halides is 2. The molecule has 2 rings (SSSR count). The van der Waals surface area contributed by atoms with E-state index < -0.39 is 6.61 Å². The Hall–Kier alpha value is -1.60. The molecule has 8 heteroatoms. The van der Waals surface area contributed by atoms with Gasteiger partial charge in [0.05, 0.1) is 7.11 Å². The Balaban J connectivity index is 0.00000242. The van der Waals surface area contributed by atoms with Crippen molar-refractivity contribution in [1.29, 1.82) is 0 Å². The number of hydrogen-bond acceptors (Lipinski definition) is 4. The Kier molecular flexibility index (Phi) is 6.83. The molecular weight excluding hydrogens is 318 g/mol. The first-order chi connectivity index (χ1) is 10.0. The minimum Gasteiger partial charge on any atom is -0.493 e. The maximum Gasteiger partial charge on any atom is 0.387 e. The molecule has 0 radical (unpaired) electrons. The molecule has 5 nitrogen and oxygen atoms in total. The number of benzene rings is 1. The van der Waals surface area contributed by atoms with Gasteiger partial charge in [-0.1, -0.05) is 0 Å². The average molecular weight is 337 g/mol. The molecule has 1 saturated heterocycles. The van der Waals surface area contributed by atoms with Crippen LogP contribution in [0.5, 0.6) is 11.5 Å². The van der Waals surface area contributed by atoms with Crippen LogP contribution >= 0.6 is 12.4 Å². The van der Waals surface area contributed by atoms with Gasteiger partial charge in [0.25, 0.3) is 5.91 Å². The lowest BCUT2D eigenvalue weighted by atomic mass is 10.1. The first kappa shape index (κ1) is 18.4. The molecule has 0 aliphatic carbocycles. The normalized spacial score (nSPS) is 17.9. The SMILES string of the molecule is COc1cc(C(=O)N2CCNC(C)C2)ccc1OC(F)F.Cl. The van der Waals surface area contributed by atoms with Crippen molar-refractivity contribution < 1.29 is 23.0 Å². The number of carbonyl (C=O) groups excluding carboxylic acids is 1. The molecule has 1 atom stereocenters. The molecule has 1 heterocycles. The van der Waals surface area contributed by atoms with Crippen LogP contribution in [0.15, 0.2) is 18.2 Å². The van der Waals surface area contributed by atoms with E-state index in [1.165, 1.54) is 25.3 Å². The van der Waals surface area contributed by atoms with Crippen LogP contribution in [-0.2, 0) is 0 Å². The number of piperazine rings is 1. The van der Waals surface area contributed by atoms with Crippen LogP contribution in [-0.4, -0.2) is 50.2 Å². The van der Waals surface area contributed by atoms with Crippen LogP contribution in [0.4, 0.5) is 8.78 Å². The largest absolute Gasteiger partial charge is 0.493 e. The summed E-state index contributed by atoms with van der Waals surface area (Å²) >= 11 is 0. The van der Waals surface area contributed by atoms with Crippen molar-refractivity contribution in [2.24, 2.45) is 0 Å². The third-order valence-electron chi connectivity index (χ3n) is 3.28. The second-order valence-corrected chi connectivity index (χ2v) is 4.85. The van der Waals surface area contributed by atoms with Crippen molar-refractivity contribution >= 4 is 18.3 Å². The summed E-state index contributed by atoms with van der Waals surface area (Å²) in [6.07, 6.45) is 0. The number of ether oxygens (including phenoxy) is 2. The second kappa shape index (κ2) is 8.14. The van der Waals surface area contributed by atoms with Gasteiger partial charge in [0.15, 0.2) is 11.5 Å². The van der Waals surface area contributed by atoms with E-state index in [0.29, 0.717) is 18.7 Å². The fraction of sp³-hybridized carbons (Fsp3) is 0.500. The zero-order valence-electron chi connectivity index (χ0n) is 12.3. The summed E-state index contributed by atoms with van der Waals surface area (Å²) in [7, 11) is 1.34. The number of nitrogens with zero attached hydrogens (tertiary/aromatic N) is 1. The fourth-order valence-electron chi connectivity index (χ4n) is 2.29. The van der Waals surface area contributed by atoms with E-state index in [0.717, 1.165) is 6.54 Å². The molecule has 0 aromatic heterocycles. The standard InChI is InChI=1S/C14H18F2N2O3.ClH/c1-9-8-18(6-5-17-9)13(19)10-3-4-11(21-14(15)16)12(7-10)20-2;/h3-4,7,9,14,17H,5-6,8H2,1-2H3;1H. The van der Waals surface area contributed by atoms with E-state index in [1.807, 2.05) is 6.92 Å². The Morgan fingerprint density at radius 3 is 2.73 bits per heavy atom. The van der Waals surface area contributed by atoms with Gasteiger partial charge in [0.1, 0.15) is 0 Å². The van der Waals surface area contributed by atoms with Crippen molar-refractivity contribution in [2.45, 2.75) is 19.6 Å². The highest BCUT2D eigenvalue weighted by molar-refractivity contribution is 5.95. The molecule has 1 aromatic carbocycles. The monoisotopic (exact) mass is 336 g/mol. The van der Waals surface area contributed by atoms with Gasteiger partial charge in [-0.05, 0) is 25.1 Å². The van der Waals surface area contributed by atoms with Crippen molar-refractivity contribution in [2.75, 3.05) is 26.7 Å². The number of methoxy groups -OCH3 is 1. The van der Waals surface area contributed by atoms with Crippen LogP contribution in [0.2, 0.25) is 0 Å². The van der Waals surface area contributed by atoms with E-state index >= 15 is 0 Å². The summed E-state index contributed by atoms with van der Waals surface area (Å²) in [5, 5.41) is 3.25. The van der Waals surface area contributed by atoms with Gasteiger partial charge in [-0.25, -0.2) is 0 Å². The van der Waals surface area contributed by atoms with Crippen LogP contribution in [0.3, 0.4) is 0 Å². The van der Waals surface area contributed by atoms with E-state index in [-0.39, 0.29) is 35.9 Å². The maximum atomic E-state index is 12.4. The fourth-order valence-corrected chi connectivity index (χ4v) is 2.29. The van der Waals surface area contributed by atoms with Gasteiger partial charge in [-0.15, -0.1) is 12.4 Å². The van der Waals surface area contributed by atoms with Crippen molar-refractivity contribution in [1.82, 2.24) is 10.2 Å². The Morgan fingerprint density at radius 2 is 2.14 bits per heavy atom. The minimum atomic E-state index is -2.94. The number of amides is 1. The van der Waals surface area contributed by atoms with Gasteiger partial charge in [0, 0.05) is 31.2 Å². The Bertz CT molecular complexity index is 517. The summed E-state index contributed by atoms with van der Waals surface area (Å²) in [6.45, 7) is 1.02. The highest BCUT2D eigenvalue weighted by Gasteiger charge is 2.23. The third kappa shape index (κ3) is 4.45. The van der Waals surface area contributed by atoms with Crippen molar-refractivity contribution in [3.63, 3.8) is 0 Å². The molecule has 1 aliphatic rings. The molecule has 22 heavy (non-hydrogen) atoms. The van der Waals surface area contributed by atoms with Gasteiger partial charge < -0.3 is 19.7 Å². The molecule has 1 fully saturated rings. The van der Waals surface area contributed by atoms with Crippen molar-refractivity contribution in [3.8, 4) is 11.5 Å². The zero-order valence-corrected chi connectivity index (χ0v) is 13.2. The lowest BCUT2D eigenvalue weighted by molar-refractivity contribution is -0.0512. The van der Waals surface area contributed by atoms with Gasteiger partial charge in [-0.2, -0.15) is 8.78 Å². The average Bonchev–Trinajstić information content (AvgIpc) is 2.46. The number of nitrogens with one attached hydrogen (secondary N) is 1. The molecule has 1 unspecified atom stereocenters. The first-order valence-electron chi connectivity index (χ1n) is 6.66. The quantitative estimate of drug-likeness (QED) is 0.915. The summed E-state index contributed by atoms with van der Waals surface area (Å²) in [4.78, 5) is 14.1. The number of hydrogen-bond donors (Lipinski definition) is 1. The van der Waals surface area contributed by atoms with Crippen LogP contribution in [0.1, 0.15) is 17.3 Å². The smallest absolute Gasteiger partial charge is 0.387 e. The molecule has 1 N–H and O–H groups in total. The second-order valence-electron chi connectivity index (χ2n) is 4.85. The molecule has 1 aliphatic heterocycles. The molecule has 0 bridgehead atoms. The van der Waals surface area contributed by atoms with E-state index in [2.05, 4.69) is 10.1 Å². The number of carbonyl (C=O) groups is 1. The highest BCUT2D eigenvalue weighted by Crippen LogP contribution is 2.30. The molecular formula is C14H19ClF2N2O3. The topological polar surface area (TPSA) is 50.8 Å². The summed E-state index contributed by atoms with van der Waals surface area (Å²) in [5.74, 6) is -0.118. The predicted molar refractivity (Wildman–Crippen MR) is 80.2 cm³/mol. The van der Waals surface area contributed by atoms with E-state index in [9.17, 15) is 13.6 Å². The van der Waals surface area contributed by atoms with Crippen molar-refractivity contribution in [3.05, 3.63) is 23.8 Å². The number of rotatable bonds is 4. The summed E-state index contributed by atoms with van der Waals surface area (Å²) in [6, 6.07) is 4.44. The minimum absolute atomic E-state index is 0. The van der Waals surface area contributed by atoms with E-state index in [1.54, 1.807) is 4.90 Å². The van der Waals surface area contributed by atoms with Gasteiger partial charge in [-0.3, -0.25) is 4.79 Å². The molecule has 1 aromatic rings. The molecule has 0 saturated carbocycles. The van der Waals surface area contributed by atoms with Crippen LogP contribution in [0, 0.1) is 0 Å². The molecule has 1 amide bonds. The summed E-state index contributed by atoms with van der Waals surface area (Å²) < 4.78 is 33.9. The number of halogens is 3. The van der Waals surface area contributed by atoms with Gasteiger partial charge in [0.2, 0.25) is 0 Å². The first-order valence-corrected chi connectivity index (χ1v) is 6.66. The highest BCUT2D eigenvalue weighted by atomic mass is 35.5. The van der Waals surface area contributed by atoms with Crippen LogP contribution < -0.4 is 14.8 Å². The lowest BCUT2D eigenvalue weighted by Crippen LogP contribution is -2.51.